The molecule has 104 valence electrons. The molecule has 0 radical (unpaired) electrons. The highest BCUT2D eigenvalue weighted by atomic mass is 16.2. The van der Waals surface area contributed by atoms with Crippen LogP contribution in [0.25, 0.3) is 0 Å². The van der Waals surface area contributed by atoms with Crippen LogP contribution < -0.4 is 5.32 Å². The van der Waals surface area contributed by atoms with E-state index < -0.39 is 17.4 Å². The van der Waals surface area contributed by atoms with E-state index in [4.69, 9.17) is 0 Å². The van der Waals surface area contributed by atoms with Crippen LogP contribution in [0.4, 0.5) is 4.79 Å². The van der Waals surface area contributed by atoms with Crippen LogP contribution in [-0.2, 0) is 22.6 Å². The zero-order valence-electron chi connectivity index (χ0n) is 11.2. The third kappa shape index (κ3) is 1.79. The van der Waals surface area contributed by atoms with E-state index in [1.54, 1.807) is 6.20 Å². The molecule has 4 amide bonds. The number of carbonyl (C=O) groups excluding carboxylic acids is 3. The predicted molar refractivity (Wildman–Crippen MR) is 69.4 cm³/mol. The molecule has 0 bridgehead atoms. The maximum absolute atomic E-state index is 12.4. The fourth-order valence-electron chi connectivity index (χ4n) is 2.53. The van der Waals surface area contributed by atoms with Gasteiger partial charge in [0.25, 0.3) is 0 Å². The van der Waals surface area contributed by atoms with Gasteiger partial charge in [-0.2, -0.15) is 0 Å². The van der Waals surface area contributed by atoms with Gasteiger partial charge in [-0.25, -0.2) is 4.79 Å². The average molecular weight is 273 g/mol. The monoisotopic (exact) mass is 273 g/mol. The molecule has 1 aliphatic heterocycles. The van der Waals surface area contributed by atoms with Crippen molar-refractivity contribution in [3.63, 3.8) is 0 Å². The number of hydrogen-bond acceptors (Lipinski definition) is 4. The Morgan fingerprint density at radius 2 is 2.10 bits per heavy atom. The summed E-state index contributed by atoms with van der Waals surface area (Å²) in [6.45, 7) is 2.11. The topological polar surface area (TPSA) is 79.4 Å². The molecule has 0 unspecified atom stereocenters. The summed E-state index contributed by atoms with van der Waals surface area (Å²) in [5.74, 6) is -0.848. The Balaban J connectivity index is 1.88. The number of nitrogens with one attached hydrogen (secondary N) is 1. The first-order chi connectivity index (χ1) is 9.58. The smallest absolute Gasteiger partial charge is 0.277 e. The molecule has 1 saturated carbocycles. The van der Waals surface area contributed by atoms with Gasteiger partial charge in [0.15, 0.2) is 0 Å². The largest absolute Gasteiger partial charge is 0.331 e. The maximum atomic E-state index is 12.4. The minimum Gasteiger partial charge on any atom is -0.277 e. The summed E-state index contributed by atoms with van der Waals surface area (Å²) in [5.41, 5.74) is 0.702. The van der Waals surface area contributed by atoms with Gasteiger partial charge in [0.2, 0.25) is 11.8 Å². The number of hydrogen-bond donors (Lipinski definition) is 1. The van der Waals surface area contributed by atoms with Crippen molar-refractivity contribution < 1.29 is 14.4 Å². The molecule has 2 fully saturated rings. The first-order valence-corrected chi connectivity index (χ1v) is 6.68. The number of carbonyl (C=O) groups is 3. The van der Waals surface area contributed by atoms with Gasteiger partial charge in [-0.15, -0.1) is 0 Å². The van der Waals surface area contributed by atoms with Gasteiger partial charge >= 0.3 is 6.03 Å². The summed E-state index contributed by atoms with van der Waals surface area (Å²) in [7, 11) is 0. The van der Waals surface area contributed by atoms with Gasteiger partial charge < -0.3 is 0 Å². The molecule has 2 heterocycles. The number of urea groups is 1. The first-order valence-electron chi connectivity index (χ1n) is 6.68. The third-order valence-electron chi connectivity index (χ3n) is 3.98. The first kappa shape index (κ1) is 12.8. The Morgan fingerprint density at radius 3 is 2.75 bits per heavy atom. The van der Waals surface area contributed by atoms with E-state index in [1.165, 1.54) is 0 Å². The average Bonchev–Trinajstić information content (AvgIpc) is 3.24. The molecule has 0 atom stereocenters. The summed E-state index contributed by atoms with van der Waals surface area (Å²) >= 11 is 0. The molecule has 1 saturated heterocycles. The lowest BCUT2D eigenvalue weighted by atomic mass is 10.0. The number of imide groups is 2. The maximum Gasteiger partial charge on any atom is 0.331 e. The molecular weight excluding hydrogens is 258 g/mol. The van der Waals surface area contributed by atoms with Gasteiger partial charge in [-0.1, -0.05) is 13.0 Å². The van der Waals surface area contributed by atoms with Gasteiger partial charge in [0.05, 0.1) is 12.2 Å². The summed E-state index contributed by atoms with van der Waals surface area (Å²) in [5, 5.41) is 2.27. The van der Waals surface area contributed by atoms with Crippen molar-refractivity contribution >= 4 is 17.8 Å². The zero-order chi connectivity index (χ0) is 14.3. The van der Waals surface area contributed by atoms with Gasteiger partial charge in [-0.05, 0) is 30.9 Å². The van der Waals surface area contributed by atoms with E-state index in [9.17, 15) is 14.4 Å². The lowest BCUT2D eigenvalue weighted by molar-refractivity contribution is -0.145. The normalized spacial score (nSPS) is 20.2. The molecule has 0 aromatic carbocycles. The number of aryl methyl sites for hydroxylation is 1. The molecule has 1 aromatic heterocycles. The number of aromatic nitrogens is 1. The zero-order valence-corrected chi connectivity index (χ0v) is 11.2. The molecule has 1 spiro atoms. The van der Waals surface area contributed by atoms with E-state index >= 15 is 0 Å². The van der Waals surface area contributed by atoms with Gasteiger partial charge in [-0.3, -0.25) is 24.8 Å². The third-order valence-corrected chi connectivity index (χ3v) is 3.98. The van der Waals surface area contributed by atoms with E-state index in [-0.39, 0.29) is 12.5 Å². The molecule has 6 nitrogen and oxygen atoms in total. The van der Waals surface area contributed by atoms with Gasteiger partial charge in [0.1, 0.15) is 5.41 Å². The highest BCUT2D eigenvalue weighted by Gasteiger charge is 2.62. The van der Waals surface area contributed by atoms with E-state index in [0.29, 0.717) is 18.5 Å². The highest BCUT2D eigenvalue weighted by Crippen LogP contribution is 2.49. The van der Waals surface area contributed by atoms with Crippen molar-refractivity contribution in [2.75, 3.05) is 0 Å². The number of amides is 4. The second kappa shape index (κ2) is 4.40. The van der Waals surface area contributed by atoms with Crippen LogP contribution in [0.15, 0.2) is 18.3 Å². The van der Waals surface area contributed by atoms with E-state index in [2.05, 4.69) is 10.3 Å². The summed E-state index contributed by atoms with van der Waals surface area (Å²) in [4.78, 5) is 41.3. The Hall–Kier alpha value is -2.24. The minimum atomic E-state index is -0.991. The lowest BCUT2D eigenvalue weighted by Gasteiger charge is -2.30. The van der Waals surface area contributed by atoms with Crippen molar-refractivity contribution in [3.05, 3.63) is 29.6 Å². The molecule has 6 heteroatoms. The van der Waals surface area contributed by atoms with Crippen LogP contribution in [0.1, 0.15) is 31.0 Å². The van der Waals surface area contributed by atoms with Crippen molar-refractivity contribution in [2.24, 2.45) is 5.41 Å². The summed E-state index contributed by atoms with van der Waals surface area (Å²) in [6.07, 6.45) is 3.45. The standard InChI is InChI=1S/C14H15N3O3/c1-2-9-4-3-7-15-10(9)8-17-12(19)14(5-6-14)11(18)16-13(17)20/h3-4,7H,2,5-6,8H2,1H3,(H,16,18,20). The Bertz CT molecular complexity index is 607. The van der Waals surface area contributed by atoms with Crippen molar-refractivity contribution in [1.29, 1.82) is 0 Å². The van der Waals surface area contributed by atoms with Crippen molar-refractivity contribution in [1.82, 2.24) is 15.2 Å². The van der Waals surface area contributed by atoms with Crippen molar-refractivity contribution in [2.45, 2.75) is 32.7 Å². The van der Waals surface area contributed by atoms with Crippen LogP contribution in [0.3, 0.4) is 0 Å². The molecular formula is C14H15N3O3. The Morgan fingerprint density at radius 1 is 1.35 bits per heavy atom. The molecule has 3 rings (SSSR count). The molecule has 2 aliphatic rings. The molecule has 1 aliphatic carbocycles. The second-order valence-electron chi connectivity index (χ2n) is 5.20. The number of rotatable bonds is 3. The number of barbiturate groups is 1. The van der Waals surface area contributed by atoms with Gasteiger partial charge in [0, 0.05) is 6.20 Å². The Kier molecular flexibility index (Phi) is 2.81. The van der Waals surface area contributed by atoms with E-state index in [0.717, 1.165) is 16.9 Å². The Labute approximate surface area is 116 Å². The lowest BCUT2D eigenvalue weighted by Crippen LogP contribution is -2.58. The quantitative estimate of drug-likeness (QED) is 0.833. The second-order valence-corrected chi connectivity index (χ2v) is 5.20. The fraction of sp³-hybridized carbons (Fsp3) is 0.429. The van der Waals surface area contributed by atoms with Crippen LogP contribution in [0.2, 0.25) is 0 Å². The SMILES string of the molecule is CCc1cccnc1CN1C(=O)NC(=O)C2(CC2)C1=O. The van der Waals surface area contributed by atoms with Crippen LogP contribution in [0.5, 0.6) is 0 Å². The fourth-order valence-corrected chi connectivity index (χ4v) is 2.53. The highest BCUT2D eigenvalue weighted by molar-refractivity contribution is 6.20. The van der Waals surface area contributed by atoms with Crippen LogP contribution in [-0.4, -0.2) is 27.7 Å². The minimum absolute atomic E-state index is 0.115. The number of pyridine rings is 1. The molecule has 20 heavy (non-hydrogen) atoms. The van der Waals surface area contributed by atoms with Crippen LogP contribution >= 0.6 is 0 Å². The summed E-state index contributed by atoms with van der Waals surface area (Å²) in [6, 6.07) is 3.10. The summed E-state index contributed by atoms with van der Waals surface area (Å²) < 4.78 is 0. The van der Waals surface area contributed by atoms with E-state index in [1.807, 2.05) is 19.1 Å². The molecule has 1 N–H and O–H groups in total. The van der Waals surface area contributed by atoms with Crippen molar-refractivity contribution in [3.8, 4) is 0 Å². The number of nitrogens with zero attached hydrogens (tertiary/aromatic N) is 2. The van der Waals surface area contributed by atoms with Crippen LogP contribution in [0, 0.1) is 5.41 Å². The predicted octanol–water partition coefficient (Wildman–Crippen LogP) is 1.00. The molecule has 1 aromatic rings.